The largest absolute Gasteiger partial charge is 0.435 e. The summed E-state index contributed by atoms with van der Waals surface area (Å²) in [5, 5.41) is 0.879. The first-order valence-corrected chi connectivity index (χ1v) is 11.1. The molecule has 2 nitrogen and oxygen atoms in total. The molecule has 0 aromatic heterocycles. The normalized spacial score (nSPS) is 11.4. The Morgan fingerprint density at radius 1 is 0.743 bits per heavy atom. The Bertz CT molecular complexity index is 1300. The fraction of sp³-hybridized carbons (Fsp3) is 0.214. The van der Waals surface area contributed by atoms with Gasteiger partial charge in [0.25, 0.3) is 0 Å². The molecule has 0 N–H and O–H groups in total. The van der Waals surface area contributed by atoms with E-state index in [-0.39, 0.29) is 11.3 Å². The summed E-state index contributed by atoms with van der Waals surface area (Å²) in [7, 11) is 1.52. The quantitative estimate of drug-likeness (QED) is 0.228. The maximum absolute atomic E-state index is 15.2. The maximum atomic E-state index is 15.2. The van der Waals surface area contributed by atoms with Crippen LogP contribution in [0.15, 0.2) is 66.7 Å². The smallest absolute Gasteiger partial charge is 0.387 e. The van der Waals surface area contributed by atoms with Gasteiger partial charge >= 0.3 is 6.61 Å². The lowest BCUT2D eigenvalue weighted by Gasteiger charge is -2.11. The molecular formula is C28H23F5O2. The Balaban J connectivity index is 1.54. The molecule has 0 heterocycles. The molecule has 0 spiro atoms. The van der Waals surface area contributed by atoms with Crippen molar-refractivity contribution >= 4 is 10.8 Å². The number of halogens is 5. The van der Waals surface area contributed by atoms with Gasteiger partial charge in [-0.25, -0.2) is 13.2 Å². The van der Waals surface area contributed by atoms with E-state index in [0.717, 1.165) is 5.56 Å². The summed E-state index contributed by atoms with van der Waals surface area (Å²) >= 11 is 0. The molecule has 35 heavy (non-hydrogen) atoms. The fourth-order valence-corrected chi connectivity index (χ4v) is 4.07. The highest BCUT2D eigenvalue weighted by Gasteiger charge is 2.15. The van der Waals surface area contributed by atoms with E-state index in [1.54, 1.807) is 30.3 Å². The molecule has 0 amide bonds. The zero-order valence-corrected chi connectivity index (χ0v) is 19.0. The summed E-state index contributed by atoms with van der Waals surface area (Å²) < 4.78 is 78.5. The summed E-state index contributed by atoms with van der Waals surface area (Å²) in [5.74, 6) is -1.70. The van der Waals surface area contributed by atoms with E-state index in [9.17, 15) is 17.6 Å². The molecule has 4 rings (SSSR count). The molecule has 0 fully saturated rings. The molecule has 0 unspecified atom stereocenters. The number of aryl methyl sites for hydroxylation is 2. The van der Waals surface area contributed by atoms with Crippen molar-refractivity contribution in [3.63, 3.8) is 0 Å². The van der Waals surface area contributed by atoms with Crippen molar-refractivity contribution in [3.05, 3.63) is 101 Å². The number of benzene rings is 4. The van der Waals surface area contributed by atoms with Crippen molar-refractivity contribution in [1.29, 1.82) is 0 Å². The number of rotatable bonds is 9. The molecule has 0 aliphatic carbocycles. The second-order valence-electron chi connectivity index (χ2n) is 8.17. The van der Waals surface area contributed by atoms with E-state index < -0.39 is 24.1 Å². The molecule has 0 radical (unpaired) electrons. The van der Waals surface area contributed by atoms with Gasteiger partial charge in [-0.3, -0.25) is 0 Å². The van der Waals surface area contributed by atoms with Crippen molar-refractivity contribution in [3.8, 4) is 16.9 Å². The van der Waals surface area contributed by atoms with Crippen LogP contribution >= 0.6 is 0 Å². The zero-order chi connectivity index (χ0) is 24.9. The zero-order valence-electron chi connectivity index (χ0n) is 19.0. The Kier molecular flexibility index (Phi) is 7.66. The van der Waals surface area contributed by atoms with Crippen LogP contribution < -0.4 is 4.74 Å². The number of fused-ring (bicyclic) bond motifs is 1. The molecule has 4 aromatic carbocycles. The van der Waals surface area contributed by atoms with Gasteiger partial charge in [-0.15, -0.1) is 0 Å². The summed E-state index contributed by atoms with van der Waals surface area (Å²) in [6, 6.07) is 16.8. The van der Waals surface area contributed by atoms with Crippen LogP contribution in [0, 0.1) is 17.5 Å². The summed E-state index contributed by atoms with van der Waals surface area (Å²) in [5.41, 5.74) is 2.00. The van der Waals surface area contributed by atoms with Gasteiger partial charge in [-0.1, -0.05) is 36.4 Å². The van der Waals surface area contributed by atoms with Gasteiger partial charge in [-0.05, 0) is 77.2 Å². The van der Waals surface area contributed by atoms with E-state index in [0.29, 0.717) is 53.3 Å². The lowest BCUT2D eigenvalue weighted by Crippen LogP contribution is -2.02. The van der Waals surface area contributed by atoms with E-state index in [1.165, 1.54) is 43.5 Å². The minimum absolute atomic E-state index is 0.0638. The minimum atomic E-state index is -2.89. The van der Waals surface area contributed by atoms with Crippen LogP contribution in [0.4, 0.5) is 22.0 Å². The number of methoxy groups -OCH3 is 1. The molecule has 4 aromatic rings. The lowest BCUT2D eigenvalue weighted by atomic mass is 9.96. The predicted molar refractivity (Wildman–Crippen MR) is 125 cm³/mol. The molecule has 0 aliphatic heterocycles. The third-order valence-electron chi connectivity index (χ3n) is 5.85. The van der Waals surface area contributed by atoms with E-state index in [4.69, 9.17) is 4.74 Å². The predicted octanol–water partition coefficient (Wildman–Crippen LogP) is 7.50. The van der Waals surface area contributed by atoms with E-state index in [2.05, 4.69) is 4.74 Å². The van der Waals surface area contributed by atoms with E-state index >= 15 is 4.39 Å². The summed E-state index contributed by atoms with van der Waals surface area (Å²) in [6.07, 6.45) is 1.29. The highest BCUT2D eigenvalue weighted by molar-refractivity contribution is 5.88. The van der Waals surface area contributed by atoms with Crippen LogP contribution in [-0.4, -0.2) is 20.3 Å². The third kappa shape index (κ3) is 5.80. The standard InChI is InChI=1S/C28H23F5O2/c1-34-13-12-18-14-24(29)26(25(30)15-18)21-8-11-23-20(16-21)7-6-19(27(23)31)5-2-17-3-9-22(10-4-17)35-28(32)33/h3-4,6-11,14-16,28H,2,5,12-13H2,1H3. The Morgan fingerprint density at radius 2 is 1.46 bits per heavy atom. The molecule has 0 aliphatic rings. The maximum Gasteiger partial charge on any atom is 0.387 e. The van der Waals surface area contributed by atoms with Crippen LogP contribution in [0.3, 0.4) is 0 Å². The highest BCUT2D eigenvalue weighted by atomic mass is 19.3. The second kappa shape index (κ2) is 10.9. The topological polar surface area (TPSA) is 18.5 Å². The van der Waals surface area contributed by atoms with Gasteiger partial charge in [-0.2, -0.15) is 8.78 Å². The van der Waals surface area contributed by atoms with Crippen molar-refractivity contribution in [2.75, 3.05) is 13.7 Å². The average Bonchev–Trinajstić information content (AvgIpc) is 2.82. The first-order chi connectivity index (χ1) is 16.9. The van der Waals surface area contributed by atoms with Crippen LogP contribution in [0.2, 0.25) is 0 Å². The van der Waals surface area contributed by atoms with Crippen molar-refractivity contribution < 1.29 is 31.4 Å². The molecule has 0 saturated carbocycles. The first kappa shape index (κ1) is 24.7. The molecule has 0 atom stereocenters. The lowest BCUT2D eigenvalue weighted by molar-refractivity contribution is -0.0498. The Labute approximate surface area is 199 Å². The molecular weight excluding hydrogens is 463 g/mol. The third-order valence-corrected chi connectivity index (χ3v) is 5.85. The van der Waals surface area contributed by atoms with Crippen LogP contribution in [0.25, 0.3) is 21.9 Å². The minimum Gasteiger partial charge on any atom is -0.435 e. The van der Waals surface area contributed by atoms with Crippen molar-refractivity contribution in [2.24, 2.45) is 0 Å². The van der Waals surface area contributed by atoms with Gasteiger partial charge in [0.15, 0.2) is 0 Å². The van der Waals surface area contributed by atoms with Gasteiger partial charge in [0.2, 0.25) is 0 Å². The Hall–Kier alpha value is -3.45. The number of alkyl halides is 2. The monoisotopic (exact) mass is 486 g/mol. The van der Waals surface area contributed by atoms with Gasteiger partial charge in [0.05, 0.1) is 12.2 Å². The summed E-state index contributed by atoms with van der Waals surface area (Å²) in [6.45, 7) is -2.53. The molecule has 0 bridgehead atoms. The van der Waals surface area contributed by atoms with E-state index in [1.807, 2.05) is 0 Å². The second-order valence-corrected chi connectivity index (χ2v) is 8.17. The van der Waals surface area contributed by atoms with Crippen LogP contribution in [0.1, 0.15) is 16.7 Å². The van der Waals surface area contributed by atoms with Crippen molar-refractivity contribution in [1.82, 2.24) is 0 Å². The molecule has 182 valence electrons. The number of hydrogen-bond donors (Lipinski definition) is 0. The first-order valence-electron chi connectivity index (χ1n) is 11.1. The number of hydrogen-bond acceptors (Lipinski definition) is 2. The average molecular weight is 486 g/mol. The van der Waals surface area contributed by atoms with Crippen LogP contribution in [-0.2, 0) is 24.0 Å². The molecule has 7 heteroatoms. The summed E-state index contributed by atoms with van der Waals surface area (Å²) in [4.78, 5) is 0. The van der Waals surface area contributed by atoms with Gasteiger partial charge in [0.1, 0.15) is 23.2 Å². The Morgan fingerprint density at radius 3 is 2.11 bits per heavy atom. The molecule has 0 saturated heterocycles. The van der Waals surface area contributed by atoms with Crippen molar-refractivity contribution in [2.45, 2.75) is 25.9 Å². The highest BCUT2D eigenvalue weighted by Crippen LogP contribution is 2.32. The van der Waals surface area contributed by atoms with Gasteiger partial charge < -0.3 is 9.47 Å². The SMILES string of the molecule is COCCc1cc(F)c(-c2ccc3c(F)c(CCc4ccc(OC(F)F)cc4)ccc3c2)c(F)c1. The number of ether oxygens (including phenoxy) is 2. The fourth-order valence-electron chi connectivity index (χ4n) is 4.07. The van der Waals surface area contributed by atoms with Crippen LogP contribution in [0.5, 0.6) is 5.75 Å². The van der Waals surface area contributed by atoms with Gasteiger partial charge in [0, 0.05) is 12.5 Å².